The van der Waals surface area contributed by atoms with Crippen LogP contribution in [0.3, 0.4) is 0 Å². The molecule has 0 spiro atoms. The second-order valence-corrected chi connectivity index (χ2v) is 5.47. The van der Waals surface area contributed by atoms with Gasteiger partial charge in [-0.25, -0.2) is 5.43 Å². The van der Waals surface area contributed by atoms with Crippen LogP contribution >= 0.6 is 23.2 Å². The molecule has 0 fully saturated rings. The van der Waals surface area contributed by atoms with Gasteiger partial charge in [0, 0.05) is 11.3 Å². The monoisotopic (exact) mass is 349 g/mol. The van der Waals surface area contributed by atoms with E-state index in [1.165, 1.54) is 6.21 Å². The number of carbonyl (C=O) groups is 2. The Hall–Kier alpha value is -2.37. The molecular weight excluding hydrogens is 337 g/mol. The van der Waals surface area contributed by atoms with Crippen LogP contribution in [-0.4, -0.2) is 18.0 Å². The Kier molecular flexibility index (Phi) is 5.73. The third kappa shape index (κ3) is 4.81. The van der Waals surface area contributed by atoms with Crippen molar-refractivity contribution in [2.24, 2.45) is 5.10 Å². The second-order valence-electron chi connectivity index (χ2n) is 4.66. The van der Waals surface area contributed by atoms with Gasteiger partial charge in [-0.15, -0.1) is 0 Å². The van der Waals surface area contributed by atoms with Gasteiger partial charge in [-0.2, -0.15) is 5.10 Å². The summed E-state index contributed by atoms with van der Waals surface area (Å²) in [4.78, 5) is 23.4. The number of aryl methyl sites for hydroxylation is 1. The Bertz CT molecular complexity index is 755. The summed E-state index contributed by atoms with van der Waals surface area (Å²) in [6, 6.07) is 12.1. The van der Waals surface area contributed by atoms with Crippen LogP contribution in [0.1, 0.15) is 11.1 Å². The normalized spacial score (nSPS) is 10.6. The molecule has 0 bridgehead atoms. The first kappa shape index (κ1) is 17.0. The van der Waals surface area contributed by atoms with Gasteiger partial charge >= 0.3 is 11.8 Å². The molecule has 0 aliphatic rings. The third-order valence-corrected chi connectivity index (χ3v) is 3.50. The minimum atomic E-state index is -0.897. The number of hydrogen-bond donors (Lipinski definition) is 2. The van der Waals surface area contributed by atoms with E-state index in [1.54, 1.807) is 36.4 Å². The molecule has 0 saturated carbocycles. The van der Waals surface area contributed by atoms with E-state index in [1.807, 2.05) is 13.0 Å². The minimum absolute atomic E-state index is 0.389. The van der Waals surface area contributed by atoms with E-state index >= 15 is 0 Å². The van der Waals surface area contributed by atoms with E-state index < -0.39 is 11.8 Å². The summed E-state index contributed by atoms with van der Waals surface area (Å²) in [5.41, 5.74) is 4.07. The fraction of sp³-hybridized carbons (Fsp3) is 0.0625. The Morgan fingerprint density at radius 3 is 2.35 bits per heavy atom. The molecule has 5 nitrogen and oxygen atoms in total. The number of carbonyl (C=O) groups excluding carboxylic acids is 2. The fourth-order valence-corrected chi connectivity index (χ4v) is 2.25. The van der Waals surface area contributed by atoms with Crippen molar-refractivity contribution < 1.29 is 9.59 Å². The molecule has 0 radical (unpaired) electrons. The van der Waals surface area contributed by atoms with Crippen LogP contribution in [0.25, 0.3) is 0 Å². The first-order valence-corrected chi connectivity index (χ1v) is 7.38. The van der Waals surface area contributed by atoms with Gasteiger partial charge in [0.05, 0.1) is 16.3 Å². The topological polar surface area (TPSA) is 70.6 Å². The third-order valence-electron chi connectivity index (χ3n) is 2.84. The quantitative estimate of drug-likeness (QED) is 0.506. The summed E-state index contributed by atoms with van der Waals surface area (Å²) in [6.45, 7) is 1.88. The summed E-state index contributed by atoms with van der Waals surface area (Å²) < 4.78 is 0. The van der Waals surface area contributed by atoms with Crippen molar-refractivity contribution in [3.8, 4) is 0 Å². The maximum Gasteiger partial charge on any atom is 0.329 e. The van der Waals surface area contributed by atoms with Crippen LogP contribution in [0.5, 0.6) is 0 Å². The Morgan fingerprint density at radius 1 is 1.04 bits per heavy atom. The summed E-state index contributed by atoms with van der Waals surface area (Å²) in [5.74, 6) is -1.72. The molecule has 23 heavy (non-hydrogen) atoms. The van der Waals surface area contributed by atoms with E-state index in [-0.39, 0.29) is 0 Å². The molecule has 0 atom stereocenters. The maximum atomic E-state index is 11.8. The van der Waals surface area contributed by atoms with Crippen LogP contribution in [0.15, 0.2) is 47.6 Å². The number of anilines is 1. The molecule has 0 heterocycles. The van der Waals surface area contributed by atoms with Crippen molar-refractivity contribution in [3.05, 3.63) is 63.6 Å². The van der Waals surface area contributed by atoms with Crippen LogP contribution in [0.4, 0.5) is 5.69 Å². The molecule has 2 amide bonds. The molecule has 0 aromatic heterocycles. The highest BCUT2D eigenvalue weighted by molar-refractivity contribution is 6.40. The Morgan fingerprint density at radius 2 is 1.70 bits per heavy atom. The van der Waals surface area contributed by atoms with Gasteiger partial charge in [-0.05, 0) is 36.8 Å². The van der Waals surface area contributed by atoms with Crippen molar-refractivity contribution in [1.82, 2.24) is 5.43 Å². The van der Waals surface area contributed by atoms with Crippen LogP contribution in [-0.2, 0) is 9.59 Å². The first-order chi connectivity index (χ1) is 11.0. The zero-order valence-electron chi connectivity index (χ0n) is 12.1. The van der Waals surface area contributed by atoms with E-state index in [4.69, 9.17) is 23.2 Å². The number of halogens is 2. The number of nitrogens with one attached hydrogen (secondary N) is 2. The molecule has 2 N–H and O–H groups in total. The highest BCUT2D eigenvalue weighted by Gasteiger charge is 2.13. The lowest BCUT2D eigenvalue weighted by molar-refractivity contribution is -0.136. The maximum absolute atomic E-state index is 11.8. The van der Waals surface area contributed by atoms with Crippen LogP contribution < -0.4 is 10.7 Å². The minimum Gasteiger partial charge on any atom is -0.318 e. The van der Waals surface area contributed by atoms with Gasteiger partial charge in [0.2, 0.25) is 0 Å². The Balaban J connectivity index is 1.96. The number of amides is 2. The smallest absolute Gasteiger partial charge is 0.318 e. The molecule has 2 aromatic carbocycles. The zero-order chi connectivity index (χ0) is 16.8. The molecule has 0 saturated heterocycles. The van der Waals surface area contributed by atoms with E-state index in [0.29, 0.717) is 21.3 Å². The van der Waals surface area contributed by atoms with Crippen molar-refractivity contribution in [2.75, 3.05) is 5.32 Å². The number of hydrazone groups is 1. The lowest BCUT2D eigenvalue weighted by Crippen LogP contribution is -2.32. The van der Waals surface area contributed by atoms with Crippen LogP contribution in [0.2, 0.25) is 10.0 Å². The molecule has 2 rings (SSSR count). The SMILES string of the molecule is Cc1cccc(NC(=O)C(=O)N/N=C/c2c(Cl)cccc2Cl)c1. The number of nitrogens with zero attached hydrogens (tertiary/aromatic N) is 1. The van der Waals surface area contributed by atoms with Crippen molar-refractivity contribution in [2.45, 2.75) is 6.92 Å². The van der Waals surface area contributed by atoms with E-state index in [9.17, 15) is 9.59 Å². The molecular formula is C16H13Cl2N3O2. The summed E-state index contributed by atoms with van der Waals surface area (Å²) in [7, 11) is 0. The highest BCUT2D eigenvalue weighted by Crippen LogP contribution is 2.21. The largest absolute Gasteiger partial charge is 0.329 e. The van der Waals surface area contributed by atoms with Crippen LogP contribution in [0, 0.1) is 6.92 Å². The molecule has 0 unspecified atom stereocenters. The number of rotatable bonds is 3. The predicted molar refractivity (Wildman–Crippen MR) is 92.0 cm³/mol. The van der Waals surface area contributed by atoms with Crippen molar-refractivity contribution in [3.63, 3.8) is 0 Å². The summed E-state index contributed by atoms with van der Waals surface area (Å²) in [6.07, 6.45) is 1.28. The average molecular weight is 350 g/mol. The molecule has 2 aromatic rings. The highest BCUT2D eigenvalue weighted by atomic mass is 35.5. The van der Waals surface area contributed by atoms with Gasteiger partial charge in [-0.3, -0.25) is 9.59 Å². The first-order valence-electron chi connectivity index (χ1n) is 6.62. The number of hydrogen-bond acceptors (Lipinski definition) is 3. The van der Waals surface area contributed by atoms with E-state index in [0.717, 1.165) is 5.56 Å². The molecule has 0 aliphatic carbocycles. The van der Waals surface area contributed by atoms with Gasteiger partial charge in [0.25, 0.3) is 0 Å². The fourth-order valence-electron chi connectivity index (χ4n) is 1.75. The van der Waals surface area contributed by atoms with Crippen molar-refractivity contribution in [1.29, 1.82) is 0 Å². The van der Waals surface area contributed by atoms with Gasteiger partial charge < -0.3 is 5.32 Å². The van der Waals surface area contributed by atoms with E-state index in [2.05, 4.69) is 15.8 Å². The zero-order valence-corrected chi connectivity index (χ0v) is 13.7. The summed E-state index contributed by atoms with van der Waals surface area (Å²) in [5, 5.41) is 6.94. The second kappa shape index (κ2) is 7.76. The standard InChI is InChI=1S/C16H13Cl2N3O2/c1-10-4-2-5-11(8-10)20-15(22)16(23)21-19-9-12-13(17)6-3-7-14(12)18/h2-9H,1H3,(H,20,22)(H,21,23)/b19-9+. The predicted octanol–water partition coefficient (Wildman–Crippen LogP) is 3.39. The molecule has 118 valence electrons. The van der Waals surface area contributed by atoms with Crippen molar-refractivity contribution >= 4 is 46.9 Å². The number of benzene rings is 2. The Labute approximate surface area is 143 Å². The lowest BCUT2D eigenvalue weighted by Gasteiger charge is -2.05. The average Bonchev–Trinajstić information content (AvgIpc) is 2.50. The summed E-state index contributed by atoms with van der Waals surface area (Å²) >= 11 is 11.9. The van der Waals surface area contributed by atoms with Gasteiger partial charge in [0.1, 0.15) is 0 Å². The van der Waals surface area contributed by atoms with Gasteiger partial charge in [-0.1, -0.05) is 41.4 Å². The lowest BCUT2D eigenvalue weighted by atomic mass is 10.2. The molecule has 7 heteroatoms. The van der Waals surface area contributed by atoms with Gasteiger partial charge in [0.15, 0.2) is 0 Å². The molecule has 0 aliphatic heterocycles.